The highest BCUT2D eigenvalue weighted by atomic mass is 35.5. The van der Waals surface area contributed by atoms with Crippen molar-refractivity contribution in [3.05, 3.63) is 17.6 Å². The van der Waals surface area contributed by atoms with E-state index < -0.39 is 10.0 Å². The molecule has 2 saturated heterocycles. The van der Waals surface area contributed by atoms with Crippen LogP contribution in [0.1, 0.15) is 54.8 Å². The van der Waals surface area contributed by atoms with Crippen molar-refractivity contribution >= 4 is 28.3 Å². The molecule has 1 N–H and O–H groups in total. The number of carbonyl (C=O) groups excluding carboxylic acids is 1. The molecule has 0 unspecified atom stereocenters. The number of hydrogen-bond donors (Lipinski definition) is 1. The van der Waals surface area contributed by atoms with Crippen molar-refractivity contribution in [3.8, 4) is 0 Å². The molecule has 2 aliphatic heterocycles. The van der Waals surface area contributed by atoms with Crippen molar-refractivity contribution in [2.45, 2.75) is 56.4 Å². The largest absolute Gasteiger partial charge is 0.455 e. The van der Waals surface area contributed by atoms with E-state index in [1.54, 1.807) is 11.8 Å². The summed E-state index contributed by atoms with van der Waals surface area (Å²) in [6.45, 7) is 5.14. The smallest absolute Gasteiger partial charge is 0.289 e. The first kappa shape index (κ1) is 21.6. The van der Waals surface area contributed by atoms with Gasteiger partial charge in [-0.2, -0.15) is 4.31 Å². The van der Waals surface area contributed by atoms with Crippen LogP contribution in [-0.4, -0.2) is 62.3 Å². The van der Waals surface area contributed by atoms with Crippen molar-refractivity contribution in [1.29, 1.82) is 0 Å². The number of sulfonamides is 1. The van der Waals surface area contributed by atoms with Gasteiger partial charge in [-0.1, -0.05) is 0 Å². The Morgan fingerprint density at radius 1 is 1.14 bits per heavy atom. The number of nitrogens with one attached hydrogen (secondary N) is 1. The molecule has 158 valence electrons. The van der Waals surface area contributed by atoms with Gasteiger partial charge in [-0.3, -0.25) is 4.79 Å². The number of carbonyl (C=O) groups is 1. The number of amides is 1. The highest BCUT2D eigenvalue weighted by molar-refractivity contribution is 7.89. The fourth-order valence-electron chi connectivity index (χ4n) is 3.99. The SMILES string of the molecule is Cc1oc(C(=O)N2CCC(NCC3CC3)CC2)cc1S(=O)(=O)N1CCCC1.Cl. The predicted molar refractivity (Wildman–Crippen MR) is 108 cm³/mol. The van der Waals surface area contributed by atoms with E-state index >= 15 is 0 Å². The molecule has 3 fully saturated rings. The number of furan rings is 1. The molecular formula is C19H30ClN3O4S. The van der Waals surface area contributed by atoms with Gasteiger partial charge in [0.15, 0.2) is 5.76 Å². The summed E-state index contributed by atoms with van der Waals surface area (Å²) in [4.78, 5) is 14.7. The lowest BCUT2D eigenvalue weighted by molar-refractivity contribution is 0.0671. The fraction of sp³-hybridized carbons (Fsp3) is 0.737. The molecule has 7 nitrogen and oxygen atoms in total. The van der Waals surface area contributed by atoms with Crippen LogP contribution in [0.4, 0.5) is 0 Å². The molecule has 1 aromatic rings. The van der Waals surface area contributed by atoms with Crippen molar-refractivity contribution in [1.82, 2.24) is 14.5 Å². The van der Waals surface area contributed by atoms with Gasteiger partial charge in [-0.15, -0.1) is 12.4 Å². The minimum Gasteiger partial charge on any atom is -0.455 e. The maximum Gasteiger partial charge on any atom is 0.289 e. The van der Waals surface area contributed by atoms with Crippen LogP contribution in [0.15, 0.2) is 15.4 Å². The van der Waals surface area contributed by atoms with Crippen molar-refractivity contribution in [2.24, 2.45) is 5.92 Å². The molecule has 1 aliphatic carbocycles. The monoisotopic (exact) mass is 431 g/mol. The Labute approximate surface area is 173 Å². The number of hydrogen-bond acceptors (Lipinski definition) is 5. The van der Waals surface area contributed by atoms with Crippen molar-refractivity contribution in [2.75, 3.05) is 32.7 Å². The zero-order chi connectivity index (χ0) is 19.0. The van der Waals surface area contributed by atoms with Gasteiger partial charge in [-0.25, -0.2) is 8.42 Å². The molecule has 1 saturated carbocycles. The lowest BCUT2D eigenvalue weighted by atomic mass is 10.0. The molecule has 0 bridgehead atoms. The van der Waals surface area contributed by atoms with Crippen LogP contribution >= 0.6 is 12.4 Å². The molecule has 0 spiro atoms. The topological polar surface area (TPSA) is 82.9 Å². The minimum atomic E-state index is -3.57. The molecule has 4 rings (SSSR count). The summed E-state index contributed by atoms with van der Waals surface area (Å²) in [6, 6.07) is 1.89. The maximum atomic E-state index is 12.8. The number of nitrogens with zero attached hydrogens (tertiary/aromatic N) is 2. The van der Waals surface area contributed by atoms with E-state index in [0.29, 0.717) is 38.0 Å². The van der Waals surface area contributed by atoms with Gasteiger partial charge in [0.05, 0.1) is 0 Å². The van der Waals surface area contributed by atoms with Crippen LogP contribution in [0.2, 0.25) is 0 Å². The van der Waals surface area contributed by atoms with E-state index in [1.807, 2.05) is 0 Å². The molecular weight excluding hydrogens is 402 g/mol. The molecule has 3 heterocycles. The minimum absolute atomic E-state index is 0. The van der Waals surface area contributed by atoms with E-state index in [1.165, 1.54) is 23.2 Å². The van der Waals surface area contributed by atoms with E-state index in [2.05, 4.69) is 5.32 Å². The molecule has 0 aromatic carbocycles. The Bertz CT molecular complexity index is 792. The number of likely N-dealkylation sites (tertiary alicyclic amines) is 1. The van der Waals surface area contributed by atoms with Crippen LogP contribution in [0.3, 0.4) is 0 Å². The zero-order valence-electron chi connectivity index (χ0n) is 16.4. The third kappa shape index (κ3) is 4.56. The second-order valence-corrected chi connectivity index (χ2v) is 9.97. The molecule has 9 heteroatoms. The van der Waals surface area contributed by atoms with Gasteiger partial charge in [0, 0.05) is 38.3 Å². The Hall–Kier alpha value is -1.09. The summed E-state index contributed by atoms with van der Waals surface area (Å²) in [5.41, 5.74) is 0. The number of piperidine rings is 1. The number of aryl methyl sites for hydroxylation is 1. The fourth-order valence-corrected chi connectivity index (χ4v) is 5.67. The zero-order valence-corrected chi connectivity index (χ0v) is 18.0. The van der Waals surface area contributed by atoms with Crippen LogP contribution in [0.5, 0.6) is 0 Å². The Morgan fingerprint density at radius 3 is 2.39 bits per heavy atom. The highest BCUT2D eigenvalue weighted by Crippen LogP contribution is 2.29. The van der Waals surface area contributed by atoms with E-state index in [-0.39, 0.29) is 29.0 Å². The van der Waals surface area contributed by atoms with E-state index in [9.17, 15) is 13.2 Å². The Morgan fingerprint density at radius 2 is 1.79 bits per heavy atom. The van der Waals surface area contributed by atoms with E-state index in [0.717, 1.165) is 38.1 Å². The number of halogens is 1. The summed E-state index contributed by atoms with van der Waals surface area (Å²) in [7, 11) is -3.57. The van der Waals surface area contributed by atoms with Gasteiger partial charge < -0.3 is 14.6 Å². The molecule has 0 atom stereocenters. The standard InChI is InChI=1S/C19H29N3O4S.ClH/c1-14-18(27(24,25)22-8-2-3-9-22)12-17(26-14)19(23)21-10-6-16(7-11-21)20-13-15-4-5-15;/h12,15-16,20H,2-11,13H2,1H3;1H. The quantitative estimate of drug-likeness (QED) is 0.747. The second kappa shape index (κ2) is 8.73. The molecule has 1 aromatic heterocycles. The van der Waals surface area contributed by atoms with Gasteiger partial charge in [0.1, 0.15) is 10.7 Å². The molecule has 3 aliphatic rings. The van der Waals surface area contributed by atoms with Crippen LogP contribution in [0, 0.1) is 12.8 Å². The summed E-state index contributed by atoms with van der Waals surface area (Å²) in [5, 5.41) is 3.60. The Kier molecular flexibility index (Phi) is 6.74. The summed E-state index contributed by atoms with van der Waals surface area (Å²) < 4.78 is 32.6. The third-order valence-corrected chi connectivity index (χ3v) is 7.95. The summed E-state index contributed by atoms with van der Waals surface area (Å²) >= 11 is 0. The van der Waals surface area contributed by atoms with Gasteiger partial charge >= 0.3 is 0 Å². The third-order valence-electron chi connectivity index (χ3n) is 5.94. The van der Waals surface area contributed by atoms with E-state index in [4.69, 9.17) is 4.42 Å². The van der Waals surface area contributed by atoms with Gasteiger partial charge in [0.25, 0.3) is 5.91 Å². The molecule has 1 amide bonds. The average molecular weight is 432 g/mol. The van der Waals surface area contributed by atoms with Crippen molar-refractivity contribution in [3.63, 3.8) is 0 Å². The second-order valence-electron chi connectivity index (χ2n) is 8.06. The first-order chi connectivity index (χ1) is 12.9. The van der Waals surface area contributed by atoms with Gasteiger partial charge in [-0.05, 0) is 57.9 Å². The summed E-state index contributed by atoms with van der Waals surface area (Å²) in [6.07, 6.45) is 6.29. The van der Waals surface area contributed by atoms with Crippen molar-refractivity contribution < 1.29 is 17.6 Å². The van der Waals surface area contributed by atoms with Crippen LogP contribution in [-0.2, 0) is 10.0 Å². The maximum absolute atomic E-state index is 12.8. The normalized spacial score (nSPS) is 21.7. The van der Waals surface area contributed by atoms with Crippen LogP contribution < -0.4 is 5.32 Å². The lowest BCUT2D eigenvalue weighted by Crippen LogP contribution is -2.45. The first-order valence-corrected chi connectivity index (χ1v) is 11.5. The highest BCUT2D eigenvalue weighted by Gasteiger charge is 2.33. The molecule has 28 heavy (non-hydrogen) atoms. The Balaban J connectivity index is 0.00000225. The summed E-state index contributed by atoms with van der Waals surface area (Å²) in [5.74, 6) is 1.08. The molecule has 0 radical (unpaired) electrons. The van der Waals surface area contributed by atoms with Gasteiger partial charge in [0.2, 0.25) is 10.0 Å². The first-order valence-electron chi connectivity index (χ1n) is 10.1. The predicted octanol–water partition coefficient (Wildman–Crippen LogP) is 2.40. The van der Waals surface area contributed by atoms with Crippen LogP contribution in [0.25, 0.3) is 0 Å². The lowest BCUT2D eigenvalue weighted by Gasteiger charge is -2.32. The number of rotatable bonds is 6. The average Bonchev–Trinajstić information content (AvgIpc) is 3.15.